The highest BCUT2D eigenvalue weighted by molar-refractivity contribution is 4.80. The quantitative estimate of drug-likeness (QED) is 0.364. The molecule has 0 saturated heterocycles. The highest BCUT2D eigenvalue weighted by Crippen LogP contribution is 2.12. The molecule has 0 aliphatic heterocycles. The van der Waals surface area contributed by atoms with Crippen LogP contribution in [0.25, 0.3) is 0 Å². The normalized spacial score (nSPS) is 20.6. The molecule has 0 aromatic heterocycles. The smallest absolute Gasteiger partial charge is 0.110 e. The molecule has 0 aromatic carbocycles. The van der Waals surface area contributed by atoms with Crippen molar-refractivity contribution in [2.75, 3.05) is 6.61 Å². The first-order valence-electron chi connectivity index (χ1n) is 4.73. The van der Waals surface area contributed by atoms with Crippen molar-refractivity contribution in [2.45, 2.75) is 44.7 Å². The fraction of sp³-hybridized carbons (Fsp3) is 1.00. The van der Waals surface area contributed by atoms with Gasteiger partial charge in [-0.05, 0) is 12.3 Å². The average Bonchev–Trinajstić information content (AvgIpc) is 2.13. The van der Waals surface area contributed by atoms with Gasteiger partial charge in [-0.3, -0.25) is 0 Å². The largest absolute Gasteiger partial charge is 0.394 e. The van der Waals surface area contributed by atoms with Crippen LogP contribution in [0.2, 0.25) is 0 Å². The number of aliphatic hydroxyl groups excluding tert-OH is 5. The lowest BCUT2D eigenvalue weighted by Crippen LogP contribution is -2.46. The van der Waals surface area contributed by atoms with Crippen LogP contribution in [-0.2, 0) is 0 Å². The molecular weight excluding hydrogens is 188 g/mol. The third-order valence-electron chi connectivity index (χ3n) is 2.04. The molecule has 0 amide bonds. The van der Waals surface area contributed by atoms with E-state index in [2.05, 4.69) is 0 Å². The topological polar surface area (TPSA) is 101 Å². The Labute approximate surface area is 83.6 Å². The first kappa shape index (κ1) is 13.8. The van der Waals surface area contributed by atoms with Gasteiger partial charge >= 0.3 is 0 Å². The Bertz CT molecular complexity index is 150. The molecule has 0 rings (SSSR count). The highest BCUT2D eigenvalue weighted by atomic mass is 16.4. The van der Waals surface area contributed by atoms with Gasteiger partial charge in [-0.15, -0.1) is 0 Å². The lowest BCUT2D eigenvalue weighted by Gasteiger charge is -2.26. The van der Waals surface area contributed by atoms with E-state index in [4.69, 9.17) is 10.2 Å². The number of rotatable bonds is 6. The second-order valence-corrected chi connectivity index (χ2v) is 3.93. The third-order valence-corrected chi connectivity index (χ3v) is 2.04. The summed E-state index contributed by atoms with van der Waals surface area (Å²) in [7, 11) is 0. The van der Waals surface area contributed by atoms with E-state index in [0.717, 1.165) is 0 Å². The Kier molecular flexibility index (Phi) is 6.22. The molecule has 5 heteroatoms. The zero-order valence-corrected chi connectivity index (χ0v) is 8.54. The number of aliphatic hydroxyl groups is 5. The Hall–Kier alpha value is -0.200. The predicted octanol–water partition coefficient (Wildman–Crippen LogP) is -1.53. The maximum absolute atomic E-state index is 9.40. The van der Waals surface area contributed by atoms with Gasteiger partial charge in [-0.25, -0.2) is 0 Å². The summed E-state index contributed by atoms with van der Waals surface area (Å²) in [5.41, 5.74) is 0. The Balaban J connectivity index is 4.09. The second-order valence-electron chi connectivity index (χ2n) is 3.93. The van der Waals surface area contributed by atoms with E-state index in [9.17, 15) is 15.3 Å². The average molecular weight is 208 g/mol. The minimum Gasteiger partial charge on any atom is -0.394 e. The van der Waals surface area contributed by atoms with E-state index >= 15 is 0 Å². The number of hydrogen-bond acceptors (Lipinski definition) is 5. The molecule has 0 fully saturated rings. The summed E-state index contributed by atoms with van der Waals surface area (Å²) in [6, 6.07) is 0. The van der Waals surface area contributed by atoms with Crippen molar-refractivity contribution in [3.05, 3.63) is 0 Å². The van der Waals surface area contributed by atoms with Gasteiger partial charge in [0.25, 0.3) is 0 Å². The van der Waals surface area contributed by atoms with Crippen molar-refractivity contribution in [3.8, 4) is 0 Å². The molecule has 0 bridgehead atoms. The minimum atomic E-state index is -1.52. The zero-order chi connectivity index (χ0) is 11.3. The van der Waals surface area contributed by atoms with Crippen molar-refractivity contribution >= 4 is 0 Å². The maximum Gasteiger partial charge on any atom is 0.110 e. The lowest BCUT2D eigenvalue weighted by atomic mass is 9.96. The highest BCUT2D eigenvalue weighted by Gasteiger charge is 2.29. The Morgan fingerprint density at radius 2 is 1.29 bits per heavy atom. The van der Waals surface area contributed by atoms with Crippen LogP contribution in [0.4, 0.5) is 0 Å². The summed E-state index contributed by atoms with van der Waals surface area (Å²) in [6.45, 7) is 3.09. The number of hydrogen-bond donors (Lipinski definition) is 5. The van der Waals surface area contributed by atoms with Crippen molar-refractivity contribution in [2.24, 2.45) is 5.92 Å². The molecule has 0 heterocycles. The van der Waals surface area contributed by atoms with Crippen LogP contribution >= 0.6 is 0 Å². The summed E-state index contributed by atoms with van der Waals surface area (Å²) in [4.78, 5) is 0. The molecule has 5 nitrogen and oxygen atoms in total. The molecule has 0 spiro atoms. The molecule has 0 saturated carbocycles. The fourth-order valence-corrected chi connectivity index (χ4v) is 1.19. The van der Waals surface area contributed by atoms with E-state index in [1.54, 1.807) is 0 Å². The van der Waals surface area contributed by atoms with Gasteiger partial charge in [-0.2, -0.15) is 0 Å². The first-order valence-corrected chi connectivity index (χ1v) is 4.73. The molecule has 0 aliphatic rings. The monoisotopic (exact) mass is 208 g/mol. The first-order chi connectivity index (χ1) is 6.40. The molecule has 5 N–H and O–H groups in total. The van der Waals surface area contributed by atoms with Crippen LogP contribution in [0, 0.1) is 5.92 Å². The molecule has 0 aromatic rings. The fourth-order valence-electron chi connectivity index (χ4n) is 1.19. The van der Waals surface area contributed by atoms with Crippen LogP contribution in [0.1, 0.15) is 20.3 Å². The molecule has 0 unspecified atom stereocenters. The summed E-state index contributed by atoms with van der Waals surface area (Å²) in [6.07, 6.45) is -5.14. The molecule has 86 valence electrons. The SMILES string of the molecule is CC(C)C[C@H](O)[C@H](O)[C@@H](O)[C@H](O)CO. The van der Waals surface area contributed by atoms with Crippen molar-refractivity contribution in [3.63, 3.8) is 0 Å². The van der Waals surface area contributed by atoms with E-state index in [-0.39, 0.29) is 5.92 Å². The van der Waals surface area contributed by atoms with Gasteiger partial charge in [0.15, 0.2) is 0 Å². The van der Waals surface area contributed by atoms with Gasteiger partial charge in [0, 0.05) is 0 Å². The van der Waals surface area contributed by atoms with Crippen molar-refractivity contribution in [1.29, 1.82) is 0 Å². The summed E-state index contributed by atoms with van der Waals surface area (Å²) < 4.78 is 0. The summed E-state index contributed by atoms with van der Waals surface area (Å²) in [5, 5.41) is 45.5. The standard InChI is InChI=1S/C9H20O5/c1-5(2)3-6(11)8(13)9(14)7(12)4-10/h5-14H,3-4H2,1-2H3/t6-,7+,8-,9-/m0/s1. The second kappa shape index (κ2) is 6.31. The zero-order valence-electron chi connectivity index (χ0n) is 8.54. The molecule has 4 atom stereocenters. The van der Waals surface area contributed by atoms with E-state index < -0.39 is 31.0 Å². The molecule has 0 aliphatic carbocycles. The molecule has 0 radical (unpaired) electrons. The van der Waals surface area contributed by atoms with Gasteiger partial charge < -0.3 is 25.5 Å². The van der Waals surface area contributed by atoms with Gasteiger partial charge in [0.2, 0.25) is 0 Å². The predicted molar refractivity (Wildman–Crippen MR) is 50.6 cm³/mol. The summed E-state index contributed by atoms with van der Waals surface area (Å²) >= 11 is 0. The third kappa shape index (κ3) is 4.34. The van der Waals surface area contributed by atoms with Crippen molar-refractivity contribution in [1.82, 2.24) is 0 Å². The Morgan fingerprint density at radius 1 is 0.857 bits per heavy atom. The van der Waals surface area contributed by atoms with Gasteiger partial charge in [0.1, 0.15) is 18.3 Å². The molecule has 14 heavy (non-hydrogen) atoms. The van der Waals surface area contributed by atoms with Crippen LogP contribution in [-0.4, -0.2) is 56.6 Å². The van der Waals surface area contributed by atoms with Gasteiger partial charge in [-0.1, -0.05) is 13.8 Å². The Morgan fingerprint density at radius 3 is 1.64 bits per heavy atom. The van der Waals surface area contributed by atoms with E-state index in [1.165, 1.54) is 0 Å². The van der Waals surface area contributed by atoms with Gasteiger partial charge in [0.05, 0.1) is 12.7 Å². The lowest BCUT2D eigenvalue weighted by molar-refractivity contribution is -0.118. The molecular formula is C9H20O5. The van der Waals surface area contributed by atoms with Crippen LogP contribution in [0.3, 0.4) is 0 Å². The van der Waals surface area contributed by atoms with Crippen LogP contribution in [0.15, 0.2) is 0 Å². The van der Waals surface area contributed by atoms with Crippen LogP contribution in [0.5, 0.6) is 0 Å². The van der Waals surface area contributed by atoms with Crippen molar-refractivity contribution < 1.29 is 25.5 Å². The maximum atomic E-state index is 9.40. The minimum absolute atomic E-state index is 0.179. The van der Waals surface area contributed by atoms with E-state index in [0.29, 0.717) is 6.42 Å². The van der Waals surface area contributed by atoms with Crippen LogP contribution < -0.4 is 0 Å². The summed E-state index contributed by atoms with van der Waals surface area (Å²) in [5.74, 6) is 0.179. The van der Waals surface area contributed by atoms with E-state index in [1.807, 2.05) is 13.8 Å².